The van der Waals surface area contributed by atoms with Crippen molar-refractivity contribution in [2.75, 3.05) is 18.0 Å². The minimum absolute atomic E-state index is 0.431. The highest BCUT2D eigenvalue weighted by Crippen LogP contribution is 2.34. The monoisotopic (exact) mass is 309 g/mol. The Bertz CT molecular complexity index is 455. The third-order valence-corrected chi connectivity index (χ3v) is 4.09. The average molecular weight is 310 g/mol. The second-order valence-electron chi connectivity index (χ2n) is 6.86. The lowest BCUT2D eigenvalue weighted by molar-refractivity contribution is 0.551. The molecule has 0 spiro atoms. The summed E-state index contributed by atoms with van der Waals surface area (Å²) in [4.78, 5) is 6.97. The quantitative estimate of drug-likeness (QED) is 0.783. The molecule has 1 heterocycles. The molecule has 0 amide bonds. The van der Waals surface area contributed by atoms with Crippen molar-refractivity contribution in [2.45, 2.75) is 53.1 Å². The fourth-order valence-corrected chi connectivity index (χ4v) is 2.70. The van der Waals surface area contributed by atoms with Gasteiger partial charge in [0.25, 0.3) is 0 Å². The molecule has 0 saturated heterocycles. The molecule has 1 fully saturated rings. The maximum Gasteiger partial charge on any atom is 0.147 e. The first kappa shape index (κ1) is 16.6. The van der Waals surface area contributed by atoms with Gasteiger partial charge < -0.3 is 10.2 Å². The van der Waals surface area contributed by atoms with Gasteiger partial charge >= 0.3 is 0 Å². The van der Waals surface area contributed by atoms with Crippen LogP contribution in [0.5, 0.6) is 0 Å². The Morgan fingerprint density at radius 1 is 1.33 bits per heavy atom. The number of nitrogens with zero attached hydrogens (tertiary/aromatic N) is 2. The number of pyridine rings is 1. The van der Waals surface area contributed by atoms with Crippen LogP contribution in [0, 0.1) is 11.8 Å². The van der Waals surface area contributed by atoms with Crippen LogP contribution in [0.4, 0.5) is 5.82 Å². The Morgan fingerprint density at radius 3 is 2.57 bits per heavy atom. The molecular formula is C17H28ClN3. The topological polar surface area (TPSA) is 28.2 Å². The third kappa shape index (κ3) is 5.15. The van der Waals surface area contributed by atoms with Crippen LogP contribution in [-0.4, -0.2) is 24.1 Å². The van der Waals surface area contributed by atoms with E-state index >= 15 is 0 Å². The first-order valence-electron chi connectivity index (χ1n) is 8.09. The zero-order valence-electron chi connectivity index (χ0n) is 13.7. The lowest BCUT2D eigenvalue weighted by Gasteiger charge is -2.29. The number of anilines is 1. The molecular weight excluding hydrogens is 282 g/mol. The van der Waals surface area contributed by atoms with E-state index in [9.17, 15) is 0 Å². The smallest absolute Gasteiger partial charge is 0.147 e. The van der Waals surface area contributed by atoms with E-state index in [-0.39, 0.29) is 0 Å². The number of aromatic nitrogens is 1. The molecule has 3 nitrogen and oxygen atoms in total. The number of hydrogen-bond acceptors (Lipinski definition) is 3. The van der Waals surface area contributed by atoms with Crippen molar-refractivity contribution in [1.82, 2.24) is 10.3 Å². The Morgan fingerprint density at radius 2 is 2.05 bits per heavy atom. The van der Waals surface area contributed by atoms with E-state index < -0.39 is 0 Å². The minimum atomic E-state index is 0.431. The molecule has 1 aliphatic carbocycles. The first-order chi connectivity index (χ1) is 9.97. The van der Waals surface area contributed by atoms with Crippen LogP contribution < -0.4 is 10.2 Å². The molecule has 0 atom stereocenters. The molecule has 0 radical (unpaired) electrons. The van der Waals surface area contributed by atoms with Crippen molar-refractivity contribution in [3.8, 4) is 0 Å². The molecule has 0 bridgehead atoms. The summed E-state index contributed by atoms with van der Waals surface area (Å²) in [6.07, 6.45) is 4.65. The van der Waals surface area contributed by atoms with Crippen LogP contribution in [0.15, 0.2) is 12.3 Å². The second-order valence-corrected chi connectivity index (χ2v) is 7.27. The van der Waals surface area contributed by atoms with E-state index in [1.54, 1.807) is 0 Å². The molecule has 1 aliphatic rings. The fourth-order valence-electron chi connectivity index (χ4n) is 2.40. The van der Waals surface area contributed by atoms with Gasteiger partial charge in [-0.3, -0.25) is 0 Å². The highest BCUT2D eigenvalue weighted by Gasteiger charge is 2.27. The normalized spacial score (nSPS) is 15.0. The Balaban J connectivity index is 2.02. The van der Waals surface area contributed by atoms with Crippen molar-refractivity contribution in [2.24, 2.45) is 11.8 Å². The molecule has 0 aliphatic heterocycles. The van der Waals surface area contributed by atoms with E-state index in [2.05, 4.69) is 49.0 Å². The lowest BCUT2D eigenvalue weighted by Crippen LogP contribution is -2.33. The largest absolute Gasteiger partial charge is 0.353 e. The zero-order valence-corrected chi connectivity index (χ0v) is 14.5. The van der Waals surface area contributed by atoms with Crippen molar-refractivity contribution in [3.63, 3.8) is 0 Å². The van der Waals surface area contributed by atoms with Crippen molar-refractivity contribution in [3.05, 3.63) is 22.8 Å². The predicted molar refractivity (Wildman–Crippen MR) is 91.0 cm³/mol. The maximum absolute atomic E-state index is 6.48. The number of rotatable bonds is 8. The molecule has 21 heavy (non-hydrogen) atoms. The van der Waals surface area contributed by atoms with Crippen molar-refractivity contribution in [1.29, 1.82) is 0 Å². The van der Waals surface area contributed by atoms with Crippen LogP contribution in [0.2, 0.25) is 5.02 Å². The summed E-state index contributed by atoms with van der Waals surface area (Å²) >= 11 is 6.48. The molecule has 2 rings (SSSR count). The van der Waals surface area contributed by atoms with E-state index in [0.717, 1.165) is 42.0 Å². The number of nitrogens with one attached hydrogen (secondary N) is 1. The summed E-state index contributed by atoms with van der Waals surface area (Å²) in [6, 6.07) is 2.49. The SMILES string of the molecule is CC(C)CNCc1cnc(N(CC2CC2)C(C)C)c(Cl)c1. The Kier molecular flexibility index (Phi) is 5.88. The Hall–Kier alpha value is -0.800. The fraction of sp³-hybridized carbons (Fsp3) is 0.706. The van der Waals surface area contributed by atoms with Crippen LogP contribution >= 0.6 is 11.6 Å². The summed E-state index contributed by atoms with van der Waals surface area (Å²) in [5, 5.41) is 4.20. The van der Waals surface area contributed by atoms with Crippen LogP contribution in [0.3, 0.4) is 0 Å². The molecule has 0 aromatic carbocycles. The summed E-state index contributed by atoms with van der Waals surface area (Å²) in [7, 11) is 0. The Labute approximate surface area is 134 Å². The van der Waals surface area contributed by atoms with Gasteiger partial charge in [0, 0.05) is 25.3 Å². The van der Waals surface area contributed by atoms with Crippen LogP contribution in [0.25, 0.3) is 0 Å². The minimum Gasteiger partial charge on any atom is -0.353 e. The highest BCUT2D eigenvalue weighted by atomic mass is 35.5. The van der Waals surface area contributed by atoms with Gasteiger partial charge in [-0.2, -0.15) is 0 Å². The molecule has 118 valence electrons. The third-order valence-electron chi connectivity index (χ3n) is 3.81. The molecule has 1 aromatic rings. The van der Waals surface area contributed by atoms with Crippen LogP contribution in [0.1, 0.15) is 46.1 Å². The van der Waals surface area contributed by atoms with Gasteiger partial charge in [-0.05, 0) is 56.7 Å². The summed E-state index contributed by atoms with van der Waals surface area (Å²) in [5.41, 5.74) is 1.15. The highest BCUT2D eigenvalue weighted by molar-refractivity contribution is 6.33. The number of hydrogen-bond donors (Lipinski definition) is 1. The molecule has 1 aromatic heterocycles. The molecule has 4 heteroatoms. The van der Waals surface area contributed by atoms with Crippen LogP contribution in [-0.2, 0) is 6.54 Å². The van der Waals surface area contributed by atoms with Gasteiger partial charge in [-0.15, -0.1) is 0 Å². The van der Waals surface area contributed by atoms with E-state index in [1.807, 2.05) is 6.20 Å². The van der Waals surface area contributed by atoms with E-state index in [4.69, 9.17) is 11.6 Å². The predicted octanol–water partition coefficient (Wildman–Crippen LogP) is 4.11. The van der Waals surface area contributed by atoms with Gasteiger partial charge in [0.1, 0.15) is 5.82 Å². The average Bonchev–Trinajstić information content (AvgIpc) is 3.20. The van der Waals surface area contributed by atoms with Gasteiger partial charge in [0.05, 0.1) is 5.02 Å². The van der Waals surface area contributed by atoms with Crippen molar-refractivity contribution < 1.29 is 0 Å². The number of halogens is 1. The van der Waals surface area contributed by atoms with Gasteiger partial charge in [0.15, 0.2) is 0 Å². The lowest BCUT2D eigenvalue weighted by atomic mass is 10.2. The first-order valence-corrected chi connectivity index (χ1v) is 8.47. The molecule has 0 unspecified atom stereocenters. The summed E-state index contributed by atoms with van der Waals surface area (Å²) in [6.45, 7) is 11.8. The zero-order chi connectivity index (χ0) is 15.4. The van der Waals surface area contributed by atoms with Gasteiger partial charge in [-0.25, -0.2) is 4.98 Å². The van der Waals surface area contributed by atoms with E-state index in [1.165, 1.54) is 12.8 Å². The molecule has 1 saturated carbocycles. The van der Waals surface area contributed by atoms with E-state index in [0.29, 0.717) is 12.0 Å². The van der Waals surface area contributed by atoms with Gasteiger partial charge in [-0.1, -0.05) is 25.4 Å². The standard InChI is InChI=1S/C17H28ClN3/c1-12(2)8-19-9-15-7-16(18)17(20-10-15)21(13(3)4)11-14-5-6-14/h7,10,12-14,19H,5-6,8-9,11H2,1-4H3. The maximum atomic E-state index is 6.48. The summed E-state index contributed by atoms with van der Waals surface area (Å²) < 4.78 is 0. The summed E-state index contributed by atoms with van der Waals surface area (Å²) in [5.74, 6) is 2.42. The molecule has 1 N–H and O–H groups in total. The van der Waals surface area contributed by atoms with Gasteiger partial charge in [0.2, 0.25) is 0 Å². The van der Waals surface area contributed by atoms with Crippen molar-refractivity contribution >= 4 is 17.4 Å². The second kappa shape index (κ2) is 7.46.